The molecule has 2 nitrogen and oxygen atoms in total. The summed E-state index contributed by atoms with van der Waals surface area (Å²) in [6, 6.07) is 6.46. The zero-order valence-electron chi connectivity index (χ0n) is 10.6. The van der Waals surface area contributed by atoms with Crippen LogP contribution in [0.4, 0.5) is 0 Å². The molecule has 96 valence electrons. The minimum absolute atomic E-state index is 0.458. The van der Waals surface area contributed by atoms with Crippen molar-refractivity contribution >= 4 is 27.5 Å². The molecule has 0 aliphatic rings. The topological polar surface area (TPSA) is 15.3 Å². The molecule has 0 heterocycles. The van der Waals surface area contributed by atoms with Crippen molar-refractivity contribution < 1.29 is 0 Å². The first-order valence-electron chi connectivity index (χ1n) is 5.88. The smallest absolute Gasteiger partial charge is 0.0462 e. The van der Waals surface area contributed by atoms with Gasteiger partial charge in [0.25, 0.3) is 0 Å². The van der Waals surface area contributed by atoms with Gasteiger partial charge in [-0.3, -0.25) is 0 Å². The summed E-state index contributed by atoms with van der Waals surface area (Å²) in [5, 5.41) is 4.29. The lowest BCUT2D eigenvalue weighted by atomic mass is 10.2. The molecule has 0 saturated heterocycles. The van der Waals surface area contributed by atoms with Gasteiger partial charge in [0.05, 0.1) is 0 Å². The number of likely N-dealkylation sites (N-methyl/N-ethyl adjacent to an activating group) is 1. The molecule has 0 radical (unpaired) electrons. The number of nitrogens with zero attached hydrogens (tertiary/aromatic N) is 1. The Morgan fingerprint density at radius 3 is 2.76 bits per heavy atom. The summed E-state index contributed by atoms with van der Waals surface area (Å²) < 4.78 is 1.02. The molecule has 1 atom stereocenters. The molecule has 0 amide bonds. The molecular weight excluding hydrogens is 300 g/mol. The summed E-state index contributed by atoms with van der Waals surface area (Å²) in [4.78, 5) is 2.29. The van der Waals surface area contributed by atoms with E-state index in [-0.39, 0.29) is 0 Å². The average Bonchev–Trinajstić information content (AvgIpc) is 2.27. The van der Waals surface area contributed by atoms with Crippen LogP contribution in [0, 0.1) is 0 Å². The third-order valence-electron chi connectivity index (χ3n) is 2.78. The van der Waals surface area contributed by atoms with Crippen LogP contribution in [0.2, 0.25) is 5.02 Å². The van der Waals surface area contributed by atoms with Crippen molar-refractivity contribution in [3.8, 4) is 0 Å². The molecule has 0 saturated carbocycles. The Labute approximate surface area is 117 Å². The molecular formula is C13H20BrClN2. The van der Waals surface area contributed by atoms with Crippen LogP contribution in [-0.2, 0) is 6.54 Å². The number of rotatable bonds is 6. The van der Waals surface area contributed by atoms with Crippen LogP contribution < -0.4 is 5.32 Å². The summed E-state index contributed by atoms with van der Waals surface area (Å²) in [6.45, 7) is 7.29. The van der Waals surface area contributed by atoms with Gasteiger partial charge in [-0.05, 0) is 38.2 Å². The Balaban J connectivity index is 2.44. The normalized spacial score (nSPS) is 13.1. The van der Waals surface area contributed by atoms with E-state index in [1.165, 1.54) is 0 Å². The fourth-order valence-corrected chi connectivity index (χ4v) is 2.35. The van der Waals surface area contributed by atoms with Crippen molar-refractivity contribution in [1.82, 2.24) is 10.2 Å². The van der Waals surface area contributed by atoms with E-state index in [1.807, 2.05) is 12.1 Å². The average molecular weight is 320 g/mol. The minimum Gasteiger partial charge on any atom is -0.309 e. The van der Waals surface area contributed by atoms with Gasteiger partial charge in [-0.25, -0.2) is 0 Å². The van der Waals surface area contributed by atoms with Crippen LogP contribution in [0.5, 0.6) is 0 Å². The maximum Gasteiger partial charge on any atom is 0.0462 e. The van der Waals surface area contributed by atoms with Crippen molar-refractivity contribution in [3.05, 3.63) is 33.3 Å². The molecule has 0 spiro atoms. The van der Waals surface area contributed by atoms with E-state index >= 15 is 0 Å². The number of halogens is 2. The van der Waals surface area contributed by atoms with E-state index in [0.717, 1.165) is 34.7 Å². The monoisotopic (exact) mass is 318 g/mol. The molecule has 0 fully saturated rings. The molecule has 4 heteroatoms. The highest BCUT2D eigenvalue weighted by molar-refractivity contribution is 9.10. The van der Waals surface area contributed by atoms with Gasteiger partial charge in [0.1, 0.15) is 0 Å². The van der Waals surface area contributed by atoms with Crippen molar-refractivity contribution in [1.29, 1.82) is 0 Å². The molecule has 1 rings (SSSR count). The van der Waals surface area contributed by atoms with Gasteiger partial charge in [-0.1, -0.05) is 40.5 Å². The van der Waals surface area contributed by atoms with E-state index in [0.29, 0.717) is 6.04 Å². The molecule has 0 aliphatic carbocycles. The van der Waals surface area contributed by atoms with Crippen LogP contribution in [0.15, 0.2) is 22.7 Å². The van der Waals surface area contributed by atoms with Crippen LogP contribution in [0.1, 0.15) is 19.4 Å². The molecule has 0 aromatic heterocycles. The van der Waals surface area contributed by atoms with Gasteiger partial charge < -0.3 is 10.2 Å². The highest BCUT2D eigenvalue weighted by Gasteiger charge is 2.06. The Morgan fingerprint density at radius 1 is 1.47 bits per heavy atom. The summed E-state index contributed by atoms with van der Waals surface area (Å²) in [6.07, 6.45) is 0. The van der Waals surface area contributed by atoms with Gasteiger partial charge >= 0.3 is 0 Å². The molecule has 0 aliphatic heterocycles. The fourth-order valence-electron chi connectivity index (χ4n) is 1.61. The van der Waals surface area contributed by atoms with Crippen LogP contribution in [0.3, 0.4) is 0 Å². The first kappa shape index (κ1) is 15.0. The zero-order valence-corrected chi connectivity index (χ0v) is 13.0. The number of nitrogens with one attached hydrogen (secondary N) is 1. The van der Waals surface area contributed by atoms with Crippen molar-refractivity contribution in [2.45, 2.75) is 26.4 Å². The minimum atomic E-state index is 0.458. The number of benzene rings is 1. The van der Waals surface area contributed by atoms with E-state index in [2.05, 4.69) is 53.1 Å². The second kappa shape index (κ2) is 7.37. The molecule has 1 aromatic rings. The molecule has 1 unspecified atom stereocenters. The van der Waals surface area contributed by atoms with Crippen LogP contribution in [-0.4, -0.2) is 31.1 Å². The summed E-state index contributed by atoms with van der Waals surface area (Å²) >= 11 is 9.57. The lowest BCUT2D eigenvalue weighted by molar-refractivity contribution is 0.309. The third kappa shape index (κ3) is 5.38. The van der Waals surface area contributed by atoms with Gasteiger partial charge in [-0.2, -0.15) is 0 Å². The Kier molecular flexibility index (Phi) is 6.49. The van der Waals surface area contributed by atoms with E-state index in [9.17, 15) is 0 Å². The second-order valence-electron chi connectivity index (χ2n) is 4.37. The Hall–Kier alpha value is -0.0900. The summed E-state index contributed by atoms with van der Waals surface area (Å²) in [5.74, 6) is 0. The maximum absolute atomic E-state index is 6.17. The van der Waals surface area contributed by atoms with Crippen LogP contribution in [0.25, 0.3) is 0 Å². The third-order valence-corrected chi connectivity index (χ3v) is 3.63. The molecule has 0 bridgehead atoms. The SMILES string of the molecule is CCN(C)CC(C)NCc1ccc(Br)cc1Cl. The van der Waals surface area contributed by atoms with E-state index in [1.54, 1.807) is 0 Å². The van der Waals surface area contributed by atoms with E-state index in [4.69, 9.17) is 11.6 Å². The first-order chi connectivity index (χ1) is 8.02. The summed E-state index contributed by atoms with van der Waals surface area (Å²) in [7, 11) is 2.13. The fraction of sp³-hybridized carbons (Fsp3) is 0.538. The van der Waals surface area contributed by atoms with Crippen molar-refractivity contribution in [2.24, 2.45) is 0 Å². The zero-order chi connectivity index (χ0) is 12.8. The van der Waals surface area contributed by atoms with Crippen molar-refractivity contribution in [3.63, 3.8) is 0 Å². The first-order valence-corrected chi connectivity index (χ1v) is 7.06. The largest absolute Gasteiger partial charge is 0.309 e. The standard InChI is InChI=1S/C13H20BrClN2/c1-4-17(3)9-10(2)16-8-11-5-6-12(14)7-13(11)15/h5-7,10,16H,4,8-9H2,1-3H3. The predicted octanol–water partition coefficient (Wildman–Crippen LogP) is 3.53. The maximum atomic E-state index is 6.17. The Bertz CT molecular complexity index is 357. The van der Waals surface area contributed by atoms with Gasteiger partial charge in [0, 0.05) is 28.6 Å². The number of hydrogen-bond acceptors (Lipinski definition) is 2. The van der Waals surface area contributed by atoms with Gasteiger partial charge in [0.2, 0.25) is 0 Å². The lowest BCUT2D eigenvalue weighted by Crippen LogP contribution is -2.36. The molecule has 1 aromatic carbocycles. The molecule has 1 N–H and O–H groups in total. The quantitative estimate of drug-likeness (QED) is 0.863. The van der Waals surface area contributed by atoms with Gasteiger partial charge in [-0.15, -0.1) is 0 Å². The van der Waals surface area contributed by atoms with E-state index < -0.39 is 0 Å². The van der Waals surface area contributed by atoms with Gasteiger partial charge in [0.15, 0.2) is 0 Å². The Morgan fingerprint density at radius 2 is 2.18 bits per heavy atom. The van der Waals surface area contributed by atoms with Crippen molar-refractivity contribution in [2.75, 3.05) is 20.1 Å². The second-order valence-corrected chi connectivity index (χ2v) is 5.70. The predicted molar refractivity (Wildman–Crippen MR) is 78.6 cm³/mol. The highest BCUT2D eigenvalue weighted by Crippen LogP contribution is 2.21. The number of hydrogen-bond donors (Lipinski definition) is 1. The lowest BCUT2D eigenvalue weighted by Gasteiger charge is -2.21. The molecule has 17 heavy (non-hydrogen) atoms. The summed E-state index contributed by atoms with van der Waals surface area (Å²) in [5.41, 5.74) is 1.14. The highest BCUT2D eigenvalue weighted by atomic mass is 79.9. The van der Waals surface area contributed by atoms with Crippen LogP contribution >= 0.6 is 27.5 Å².